The van der Waals surface area contributed by atoms with E-state index >= 15 is 0 Å². The third-order valence-corrected chi connectivity index (χ3v) is 13.4. The molecule has 1 amide bonds. The molecule has 6 nitrogen and oxygen atoms in total. The van der Waals surface area contributed by atoms with Crippen LogP contribution in [0, 0.1) is 0 Å². The van der Waals surface area contributed by atoms with Gasteiger partial charge in [-0.15, -0.1) is 0 Å². The minimum atomic E-state index is -0.675. The number of esters is 1. The number of unbranched alkanes of at least 4 members (excludes halogenated alkanes) is 37. The summed E-state index contributed by atoms with van der Waals surface area (Å²) in [4.78, 5) is 24.5. The van der Waals surface area contributed by atoms with Crippen molar-refractivity contribution >= 4 is 11.9 Å². The molecule has 0 aromatic carbocycles. The second kappa shape index (κ2) is 55.7. The van der Waals surface area contributed by atoms with E-state index < -0.39 is 12.1 Å². The Kier molecular flexibility index (Phi) is 54.1. The first-order chi connectivity index (χ1) is 32.5. The molecule has 3 N–H and O–H groups in total. The highest BCUT2D eigenvalue weighted by Gasteiger charge is 2.20. The van der Waals surface area contributed by atoms with E-state index in [0.29, 0.717) is 25.9 Å². The third kappa shape index (κ3) is 51.5. The van der Waals surface area contributed by atoms with E-state index in [1.807, 2.05) is 0 Å². The van der Waals surface area contributed by atoms with Gasteiger partial charge >= 0.3 is 5.97 Å². The molecular weight excluding hydrogens is 815 g/mol. The van der Waals surface area contributed by atoms with Crippen LogP contribution in [0.1, 0.15) is 309 Å². The van der Waals surface area contributed by atoms with Gasteiger partial charge in [0.1, 0.15) is 0 Å². The van der Waals surface area contributed by atoms with Gasteiger partial charge < -0.3 is 20.3 Å². The molecular formula is C60H113NO5. The topological polar surface area (TPSA) is 95.9 Å². The lowest BCUT2D eigenvalue weighted by atomic mass is 10.0. The summed E-state index contributed by atoms with van der Waals surface area (Å²) in [6, 6.07) is -0.554. The zero-order valence-electron chi connectivity index (χ0n) is 44.2. The fraction of sp³-hybridized carbons (Fsp3) is 0.867. The molecule has 0 fully saturated rings. The summed E-state index contributed by atoms with van der Waals surface area (Å²) < 4.78 is 5.48. The molecule has 0 aromatic heterocycles. The van der Waals surface area contributed by atoms with Gasteiger partial charge in [0.15, 0.2) is 0 Å². The summed E-state index contributed by atoms with van der Waals surface area (Å²) >= 11 is 0. The van der Waals surface area contributed by atoms with Crippen LogP contribution in [0.2, 0.25) is 0 Å². The van der Waals surface area contributed by atoms with Gasteiger partial charge in [-0.2, -0.15) is 0 Å². The van der Waals surface area contributed by atoms with Gasteiger partial charge in [-0.3, -0.25) is 9.59 Å². The highest BCUT2D eigenvalue weighted by Crippen LogP contribution is 2.17. The van der Waals surface area contributed by atoms with E-state index in [1.54, 1.807) is 0 Å². The Morgan fingerprint density at radius 2 is 0.758 bits per heavy atom. The van der Waals surface area contributed by atoms with Crippen molar-refractivity contribution in [3.05, 3.63) is 36.5 Å². The molecule has 0 aliphatic heterocycles. The van der Waals surface area contributed by atoms with Crippen molar-refractivity contribution in [1.82, 2.24) is 5.32 Å². The van der Waals surface area contributed by atoms with Crippen LogP contribution in [0.15, 0.2) is 36.5 Å². The maximum Gasteiger partial charge on any atom is 0.305 e. The van der Waals surface area contributed by atoms with Crippen molar-refractivity contribution in [1.29, 1.82) is 0 Å². The number of carbonyl (C=O) groups is 2. The number of ether oxygens (including phenoxy) is 1. The Balaban J connectivity index is 3.46. The van der Waals surface area contributed by atoms with Gasteiger partial charge in [0.2, 0.25) is 5.91 Å². The first kappa shape index (κ1) is 64.1. The van der Waals surface area contributed by atoms with Gasteiger partial charge in [-0.25, -0.2) is 0 Å². The fourth-order valence-corrected chi connectivity index (χ4v) is 8.90. The van der Waals surface area contributed by atoms with E-state index in [4.69, 9.17) is 4.74 Å². The van der Waals surface area contributed by atoms with Gasteiger partial charge in [-0.05, 0) is 83.5 Å². The summed E-state index contributed by atoms with van der Waals surface area (Å²) in [6.45, 7) is 4.92. The van der Waals surface area contributed by atoms with E-state index in [0.717, 1.165) is 70.6 Å². The van der Waals surface area contributed by atoms with Gasteiger partial charge in [0, 0.05) is 12.8 Å². The average molecular weight is 929 g/mol. The molecule has 0 rings (SSSR count). The van der Waals surface area contributed by atoms with Gasteiger partial charge in [-0.1, -0.05) is 249 Å². The van der Waals surface area contributed by atoms with Crippen LogP contribution in [-0.4, -0.2) is 47.4 Å². The van der Waals surface area contributed by atoms with Crippen LogP contribution < -0.4 is 5.32 Å². The minimum Gasteiger partial charge on any atom is -0.466 e. The van der Waals surface area contributed by atoms with E-state index in [1.165, 1.54) is 205 Å². The van der Waals surface area contributed by atoms with E-state index in [9.17, 15) is 19.8 Å². The summed E-state index contributed by atoms with van der Waals surface area (Å²) in [5, 5.41) is 23.3. The molecule has 0 heterocycles. The minimum absolute atomic E-state index is 0.0101. The van der Waals surface area contributed by atoms with Crippen molar-refractivity contribution in [2.45, 2.75) is 321 Å². The monoisotopic (exact) mass is 928 g/mol. The molecule has 0 bridgehead atoms. The van der Waals surface area contributed by atoms with Crippen LogP contribution in [0.25, 0.3) is 0 Å². The summed E-state index contributed by atoms with van der Waals surface area (Å²) in [6.07, 6.45) is 68.4. The van der Waals surface area contributed by atoms with Crippen LogP contribution in [0.5, 0.6) is 0 Å². The number of rotatable bonds is 54. The van der Waals surface area contributed by atoms with Crippen LogP contribution in [0.3, 0.4) is 0 Å². The first-order valence-corrected chi connectivity index (χ1v) is 29.2. The van der Waals surface area contributed by atoms with Gasteiger partial charge in [0.25, 0.3) is 0 Å². The molecule has 0 saturated heterocycles. The number of hydrogen-bond acceptors (Lipinski definition) is 5. The fourth-order valence-electron chi connectivity index (χ4n) is 8.90. The lowest BCUT2D eigenvalue weighted by Gasteiger charge is -2.22. The second-order valence-electron chi connectivity index (χ2n) is 20.0. The van der Waals surface area contributed by atoms with E-state index in [-0.39, 0.29) is 18.5 Å². The lowest BCUT2D eigenvalue weighted by molar-refractivity contribution is -0.143. The Hall–Kier alpha value is -1.92. The van der Waals surface area contributed by atoms with Crippen LogP contribution in [-0.2, 0) is 14.3 Å². The van der Waals surface area contributed by atoms with Crippen LogP contribution >= 0.6 is 0 Å². The summed E-state index contributed by atoms with van der Waals surface area (Å²) in [5.74, 6) is -0.0618. The predicted molar refractivity (Wildman–Crippen MR) is 287 cm³/mol. The van der Waals surface area contributed by atoms with Gasteiger partial charge in [0.05, 0.1) is 25.4 Å². The smallest absolute Gasteiger partial charge is 0.305 e. The van der Waals surface area contributed by atoms with Crippen molar-refractivity contribution in [3.8, 4) is 0 Å². The number of amides is 1. The summed E-state index contributed by atoms with van der Waals surface area (Å²) in [7, 11) is 0. The molecule has 0 aliphatic rings. The molecule has 0 spiro atoms. The average Bonchev–Trinajstić information content (AvgIpc) is 3.32. The van der Waals surface area contributed by atoms with Crippen molar-refractivity contribution < 1.29 is 24.5 Å². The zero-order chi connectivity index (χ0) is 47.9. The van der Waals surface area contributed by atoms with E-state index in [2.05, 4.69) is 55.6 Å². The quantitative estimate of drug-likeness (QED) is 0.0321. The number of carbonyl (C=O) groups excluding carboxylic acids is 2. The Morgan fingerprint density at radius 3 is 1.18 bits per heavy atom. The Labute approximate surface area is 411 Å². The summed E-state index contributed by atoms with van der Waals surface area (Å²) in [5.41, 5.74) is 0. The number of aliphatic hydroxyl groups excluding tert-OH is 2. The molecule has 2 atom stereocenters. The van der Waals surface area contributed by atoms with Crippen molar-refractivity contribution in [2.75, 3.05) is 13.2 Å². The Bertz CT molecular complexity index is 1070. The van der Waals surface area contributed by atoms with Crippen molar-refractivity contribution in [2.24, 2.45) is 0 Å². The molecule has 388 valence electrons. The SMILES string of the molecule is CCCCCC/C=C\C/C=C\CCCCCCCCCC(=O)OCCCCCCCCC/C=C\CCCCCCCC(=O)NC(CO)C(O)CCCCCCCCCCCCCCCCC. The second-order valence-corrected chi connectivity index (χ2v) is 20.0. The molecule has 2 unspecified atom stereocenters. The zero-order valence-corrected chi connectivity index (χ0v) is 44.2. The Morgan fingerprint density at radius 1 is 0.424 bits per heavy atom. The number of hydrogen-bond donors (Lipinski definition) is 3. The first-order valence-electron chi connectivity index (χ1n) is 29.2. The van der Waals surface area contributed by atoms with Crippen molar-refractivity contribution in [3.63, 3.8) is 0 Å². The standard InChI is InChI=1S/C60H113NO5/c1-3-5-7-9-11-13-15-17-19-20-21-26-30-34-38-42-46-50-54-60(65)66-55-51-47-43-39-35-31-27-23-22-25-29-33-37-41-45-49-53-59(64)61-57(56-62)58(63)52-48-44-40-36-32-28-24-18-16-14-12-10-8-6-4-2/h13,15,19-20,22,25,57-58,62-63H,3-12,14,16-18,21,23-24,26-56H2,1-2H3,(H,61,64)/b15-13-,20-19-,25-22-. The maximum atomic E-state index is 12.5. The maximum absolute atomic E-state index is 12.5. The normalized spacial score (nSPS) is 12.8. The highest BCUT2D eigenvalue weighted by atomic mass is 16.5. The molecule has 0 aromatic rings. The largest absolute Gasteiger partial charge is 0.466 e. The predicted octanol–water partition coefficient (Wildman–Crippen LogP) is 18.0. The number of allylic oxidation sites excluding steroid dienone is 6. The molecule has 66 heavy (non-hydrogen) atoms. The number of aliphatic hydroxyl groups is 2. The molecule has 0 aliphatic carbocycles. The number of nitrogens with one attached hydrogen (secondary N) is 1. The highest BCUT2D eigenvalue weighted by molar-refractivity contribution is 5.76. The molecule has 0 saturated carbocycles. The molecule has 6 heteroatoms. The third-order valence-electron chi connectivity index (χ3n) is 13.4. The van der Waals surface area contributed by atoms with Crippen LogP contribution in [0.4, 0.5) is 0 Å². The molecule has 0 radical (unpaired) electrons. The lowest BCUT2D eigenvalue weighted by Crippen LogP contribution is -2.45.